The lowest BCUT2D eigenvalue weighted by Crippen LogP contribution is -2.24. The van der Waals surface area contributed by atoms with Crippen molar-refractivity contribution in [2.24, 2.45) is 0 Å². The van der Waals surface area contributed by atoms with Gasteiger partial charge in [0, 0.05) is 0 Å². The van der Waals surface area contributed by atoms with Crippen molar-refractivity contribution in [3.8, 4) is 11.7 Å². The molecule has 4 rings (SSSR count). The van der Waals surface area contributed by atoms with Crippen molar-refractivity contribution >= 4 is 11.1 Å². The summed E-state index contributed by atoms with van der Waals surface area (Å²) in [5.41, 5.74) is 1.67. The van der Waals surface area contributed by atoms with Crippen LogP contribution in [0, 0.1) is 0 Å². The second-order valence-corrected chi connectivity index (χ2v) is 5.76. The Morgan fingerprint density at radius 3 is 2.64 bits per heavy atom. The van der Waals surface area contributed by atoms with E-state index in [0.717, 1.165) is 24.1 Å². The lowest BCUT2D eigenvalue weighted by molar-refractivity contribution is 0.212. The fourth-order valence-corrected chi connectivity index (χ4v) is 2.72. The highest BCUT2D eigenvalue weighted by Crippen LogP contribution is 2.20. The van der Waals surface area contributed by atoms with Gasteiger partial charge in [-0.2, -0.15) is 0 Å². The van der Waals surface area contributed by atoms with Crippen molar-refractivity contribution in [1.29, 1.82) is 0 Å². The highest BCUT2D eigenvalue weighted by Gasteiger charge is 2.16. The quantitative estimate of drug-likeness (QED) is 0.505. The van der Waals surface area contributed by atoms with E-state index in [2.05, 4.69) is 27.0 Å². The molecule has 7 heteroatoms. The van der Waals surface area contributed by atoms with E-state index in [9.17, 15) is 0 Å². The van der Waals surface area contributed by atoms with Gasteiger partial charge >= 0.3 is 0 Å². The monoisotopic (exact) mass is 338 g/mol. The molecule has 0 aliphatic rings. The van der Waals surface area contributed by atoms with Gasteiger partial charge in [0.1, 0.15) is 5.52 Å². The van der Waals surface area contributed by atoms with Crippen LogP contribution in [0.1, 0.15) is 25.1 Å². The zero-order valence-electron chi connectivity index (χ0n) is 13.9. The number of nitrogens with zero attached hydrogens (tertiary/aromatic N) is 4. The van der Waals surface area contributed by atoms with Crippen LogP contribution in [-0.4, -0.2) is 26.6 Å². The highest BCUT2D eigenvalue weighted by molar-refractivity contribution is 5.72. The molecule has 0 saturated carbocycles. The molecule has 128 valence electrons. The number of benzene rings is 1. The Labute approximate surface area is 144 Å². The van der Waals surface area contributed by atoms with Gasteiger partial charge in [0.15, 0.2) is 11.3 Å². The van der Waals surface area contributed by atoms with E-state index in [1.807, 2.05) is 24.3 Å². The summed E-state index contributed by atoms with van der Waals surface area (Å²) in [5, 5.41) is 8.15. The Balaban J connectivity index is 1.49. The predicted molar refractivity (Wildman–Crippen MR) is 90.4 cm³/mol. The summed E-state index contributed by atoms with van der Waals surface area (Å²) in [7, 11) is 0. The van der Waals surface area contributed by atoms with Gasteiger partial charge in [-0.3, -0.25) is 4.90 Å². The molecule has 0 atom stereocenters. The van der Waals surface area contributed by atoms with Crippen LogP contribution in [0.3, 0.4) is 0 Å². The Kier molecular flexibility index (Phi) is 4.30. The summed E-state index contributed by atoms with van der Waals surface area (Å²) in [5.74, 6) is 2.18. The lowest BCUT2D eigenvalue weighted by atomic mass is 10.3. The smallest absolute Gasteiger partial charge is 0.283 e. The molecule has 1 aromatic carbocycles. The van der Waals surface area contributed by atoms with Crippen LogP contribution in [0.2, 0.25) is 0 Å². The maximum Gasteiger partial charge on any atom is 0.283 e. The van der Waals surface area contributed by atoms with Gasteiger partial charge in [0.05, 0.1) is 19.4 Å². The molecule has 0 fully saturated rings. The van der Waals surface area contributed by atoms with E-state index in [1.54, 1.807) is 18.4 Å². The normalized spacial score (nSPS) is 11.6. The van der Waals surface area contributed by atoms with Crippen molar-refractivity contribution in [1.82, 2.24) is 20.1 Å². The van der Waals surface area contributed by atoms with E-state index in [0.29, 0.717) is 36.5 Å². The Morgan fingerprint density at radius 1 is 0.960 bits per heavy atom. The van der Waals surface area contributed by atoms with Crippen molar-refractivity contribution in [2.45, 2.75) is 26.4 Å². The zero-order valence-corrected chi connectivity index (χ0v) is 13.9. The van der Waals surface area contributed by atoms with Gasteiger partial charge in [0.25, 0.3) is 5.89 Å². The van der Waals surface area contributed by atoms with Crippen molar-refractivity contribution in [2.75, 3.05) is 6.54 Å². The van der Waals surface area contributed by atoms with E-state index < -0.39 is 0 Å². The van der Waals surface area contributed by atoms with Gasteiger partial charge in [-0.15, -0.1) is 10.2 Å². The highest BCUT2D eigenvalue weighted by atomic mass is 16.4. The number of aromatic nitrogens is 3. The van der Waals surface area contributed by atoms with E-state index >= 15 is 0 Å². The van der Waals surface area contributed by atoms with Crippen molar-refractivity contribution < 1.29 is 13.3 Å². The van der Waals surface area contributed by atoms with E-state index in [1.165, 1.54) is 0 Å². The summed E-state index contributed by atoms with van der Waals surface area (Å²) >= 11 is 0. The third-order valence-corrected chi connectivity index (χ3v) is 3.79. The number of oxazole rings is 1. The van der Waals surface area contributed by atoms with Crippen LogP contribution in [0.4, 0.5) is 0 Å². The molecule has 0 aliphatic heterocycles. The second-order valence-electron chi connectivity index (χ2n) is 5.76. The van der Waals surface area contributed by atoms with E-state index in [4.69, 9.17) is 13.3 Å². The summed E-state index contributed by atoms with van der Waals surface area (Å²) in [4.78, 5) is 6.70. The second kappa shape index (κ2) is 6.90. The van der Waals surface area contributed by atoms with Crippen LogP contribution in [0.15, 0.2) is 55.9 Å². The van der Waals surface area contributed by atoms with Gasteiger partial charge in [-0.05, 0) is 37.2 Å². The third kappa shape index (κ3) is 3.46. The summed E-state index contributed by atoms with van der Waals surface area (Å²) in [6.07, 6.45) is 2.58. The molecule has 0 unspecified atom stereocenters. The van der Waals surface area contributed by atoms with Gasteiger partial charge in [0.2, 0.25) is 11.8 Å². The topological polar surface area (TPSA) is 81.3 Å². The van der Waals surface area contributed by atoms with Gasteiger partial charge in [-0.25, -0.2) is 4.98 Å². The molecule has 3 heterocycles. The fourth-order valence-electron chi connectivity index (χ4n) is 2.72. The minimum Gasteiger partial charge on any atom is -0.459 e. The number of rotatable bonds is 7. The molecule has 4 aromatic rings. The first-order valence-electron chi connectivity index (χ1n) is 8.25. The Bertz CT molecular complexity index is 909. The van der Waals surface area contributed by atoms with Crippen molar-refractivity contribution in [3.63, 3.8) is 0 Å². The first-order chi connectivity index (χ1) is 12.3. The minimum atomic E-state index is 0.387. The van der Waals surface area contributed by atoms with Crippen molar-refractivity contribution in [3.05, 3.63) is 54.4 Å². The number of hydrogen-bond donors (Lipinski definition) is 0. The van der Waals surface area contributed by atoms with Crippen LogP contribution < -0.4 is 0 Å². The average molecular weight is 338 g/mol. The molecule has 0 radical (unpaired) electrons. The summed E-state index contributed by atoms with van der Waals surface area (Å²) in [6.45, 7) is 4.11. The maximum atomic E-state index is 5.81. The molecule has 7 nitrogen and oxygen atoms in total. The first-order valence-corrected chi connectivity index (χ1v) is 8.25. The molecule has 0 amide bonds. The maximum absolute atomic E-state index is 5.81. The predicted octanol–water partition coefficient (Wildman–Crippen LogP) is 3.88. The van der Waals surface area contributed by atoms with Gasteiger partial charge in [-0.1, -0.05) is 19.1 Å². The molecule has 0 saturated heterocycles. The summed E-state index contributed by atoms with van der Waals surface area (Å²) < 4.78 is 16.8. The molecule has 3 aromatic heterocycles. The SMILES string of the molecule is CCCN(Cc1nnc(-c2ccco2)o1)Cc1nc2ccccc2o1. The average Bonchev–Trinajstić information content (AvgIpc) is 3.35. The molecule has 0 aliphatic carbocycles. The van der Waals surface area contributed by atoms with Crippen LogP contribution in [-0.2, 0) is 13.1 Å². The summed E-state index contributed by atoms with van der Waals surface area (Å²) in [6, 6.07) is 11.3. The third-order valence-electron chi connectivity index (χ3n) is 3.79. The molecule has 0 spiro atoms. The number of para-hydroxylation sites is 2. The van der Waals surface area contributed by atoms with Crippen LogP contribution in [0.5, 0.6) is 0 Å². The van der Waals surface area contributed by atoms with E-state index in [-0.39, 0.29) is 0 Å². The zero-order chi connectivity index (χ0) is 17.1. The molecule has 25 heavy (non-hydrogen) atoms. The lowest BCUT2D eigenvalue weighted by Gasteiger charge is -2.17. The Morgan fingerprint density at radius 2 is 1.84 bits per heavy atom. The standard InChI is InChI=1S/C18H18N4O3/c1-2-9-22(11-16-19-13-6-3-4-7-14(13)24-16)12-17-20-21-18(25-17)15-8-5-10-23-15/h3-8,10H,2,9,11-12H2,1H3. The first kappa shape index (κ1) is 15.6. The molecular weight excluding hydrogens is 320 g/mol. The minimum absolute atomic E-state index is 0.387. The van der Waals surface area contributed by atoms with Gasteiger partial charge < -0.3 is 13.3 Å². The fraction of sp³-hybridized carbons (Fsp3) is 0.278. The Hall–Kier alpha value is -2.93. The molecular formula is C18H18N4O3. The number of furan rings is 1. The largest absolute Gasteiger partial charge is 0.459 e. The van der Waals surface area contributed by atoms with Crippen LogP contribution in [0.25, 0.3) is 22.8 Å². The number of hydrogen-bond acceptors (Lipinski definition) is 7. The molecule has 0 N–H and O–H groups in total. The molecule has 0 bridgehead atoms. The number of fused-ring (bicyclic) bond motifs is 1. The van der Waals surface area contributed by atoms with Crippen LogP contribution >= 0.6 is 0 Å².